The summed E-state index contributed by atoms with van der Waals surface area (Å²) in [4.78, 5) is 11.2. The Labute approximate surface area is 135 Å². The van der Waals surface area contributed by atoms with Gasteiger partial charge in [0.2, 0.25) is 0 Å². The number of hydrogen-bond donors (Lipinski definition) is 1. The zero-order chi connectivity index (χ0) is 15.7. The van der Waals surface area contributed by atoms with Gasteiger partial charge in [0.15, 0.2) is 0 Å². The first-order valence-electron chi connectivity index (χ1n) is 7.41. The van der Waals surface area contributed by atoms with Gasteiger partial charge in [0.1, 0.15) is 5.75 Å². The topological polar surface area (TPSA) is 61.5 Å². The summed E-state index contributed by atoms with van der Waals surface area (Å²) in [7, 11) is 0. The van der Waals surface area contributed by atoms with Crippen LogP contribution in [0.1, 0.15) is 51.1 Å². The van der Waals surface area contributed by atoms with Crippen molar-refractivity contribution in [2.24, 2.45) is 5.73 Å². The van der Waals surface area contributed by atoms with Crippen molar-refractivity contribution in [3.8, 4) is 5.75 Å². The van der Waals surface area contributed by atoms with Gasteiger partial charge in [-0.1, -0.05) is 28.4 Å². The molecule has 118 valence electrons. The van der Waals surface area contributed by atoms with Crippen molar-refractivity contribution in [3.63, 3.8) is 0 Å². The van der Waals surface area contributed by atoms with Crippen LogP contribution in [0.5, 0.6) is 5.75 Å². The molecule has 5 heteroatoms. The van der Waals surface area contributed by atoms with Gasteiger partial charge < -0.3 is 15.2 Å². The van der Waals surface area contributed by atoms with Crippen molar-refractivity contribution in [2.75, 3.05) is 13.2 Å². The maximum Gasteiger partial charge on any atom is 0.305 e. The lowest BCUT2D eigenvalue weighted by atomic mass is 10.0. The van der Waals surface area contributed by atoms with Crippen LogP contribution in [0.2, 0.25) is 0 Å². The summed E-state index contributed by atoms with van der Waals surface area (Å²) in [6.45, 7) is 4.86. The van der Waals surface area contributed by atoms with E-state index in [4.69, 9.17) is 15.2 Å². The van der Waals surface area contributed by atoms with E-state index in [0.29, 0.717) is 19.6 Å². The van der Waals surface area contributed by atoms with Gasteiger partial charge in [0.05, 0.1) is 13.2 Å². The highest BCUT2D eigenvalue weighted by molar-refractivity contribution is 9.10. The molecular weight excluding hydrogens is 334 g/mol. The summed E-state index contributed by atoms with van der Waals surface area (Å²) >= 11 is 3.54. The molecule has 0 fully saturated rings. The molecule has 21 heavy (non-hydrogen) atoms. The normalized spacial score (nSPS) is 12.0. The highest BCUT2D eigenvalue weighted by Crippen LogP contribution is 2.29. The minimum atomic E-state index is -0.131. The molecule has 0 aromatic heterocycles. The second kappa shape index (κ2) is 9.79. The van der Waals surface area contributed by atoms with Gasteiger partial charge >= 0.3 is 5.97 Å². The highest BCUT2D eigenvalue weighted by atomic mass is 79.9. The smallest absolute Gasteiger partial charge is 0.305 e. The Morgan fingerprint density at radius 3 is 2.67 bits per heavy atom. The zero-order valence-electron chi connectivity index (χ0n) is 12.7. The first-order chi connectivity index (χ1) is 10.1. The second-order valence-corrected chi connectivity index (χ2v) is 5.63. The Hall–Kier alpha value is -1.07. The first kappa shape index (κ1) is 18.0. The van der Waals surface area contributed by atoms with E-state index in [-0.39, 0.29) is 12.0 Å². The van der Waals surface area contributed by atoms with Gasteiger partial charge in [0, 0.05) is 16.9 Å². The van der Waals surface area contributed by atoms with Gasteiger partial charge in [-0.05, 0) is 44.4 Å². The maximum atomic E-state index is 11.2. The lowest BCUT2D eigenvalue weighted by Gasteiger charge is -2.15. The summed E-state index contributed by atoms with van der Waals surface area (Å²) in [5.74, 6) is 0.705. The Bertz CT molecular complexity index is 451. The number of halogens is 1. The number of nitrogens with two attached hydrogens (primary N) is 1. The van der Waals surface area contributed by atoms with Crippen LogP contribution in [0.3, 0.4) is 0 Å². The molecule has 0 heterocycles. The van der Waals surface area contributed by atoms with E-state index in [2.05, 4.69) is 15.9 Å². The number of ether oxygens (including phenoxy) is 2. The fourth-order valence-corrected chi connectivity index (χ4v) is 2.74. The largest absolute Gasteiger partial charge is 0.494 e. The van der Waals surface area contributed by atoms with E-state index in [1.54, 1.807) is 0 Å². The molecule has 0 radical (unpaired) electrons. The lowest BCUT2D eigenvalue weighted by molar-refractivity contribution is -0.143. The van der Waals surface area contributed by atoms with Crippen molar-refractivity contribution < 1.29 is 14.3 Å². The fraction of sp³-hybridized carbons (Fsp3) is 0.562. The second-order valence-electron chi connectivity index (χ2n) is 4.77. The molecule has 0 saturated carbocycles. The summed E-state index contributed by atoms with van der Waals surface area (Å²) in [6, 6.07) is 5.82. The van der Waals surface area contributed by atoms with Gasteiger partial charge in [-0.2, -0.15) is 0 Å². The molecule has 0 saturated heterocycles. The Kier molecular flexibility index (Phi) is 8.38. The third kappa shape index (κ3) is 6.48. The van der Waals surface area contributed by atoms with Crippen molar-refractivity contribution in [3.05, 3.63) is 28.2 Å². The van der Waals surface area contributed by atoms with Crippen molar-refractivity contribution in [1.82, 2.24) is 0 Å². The molecule has 0 aliphatic carbocycles. The molecule has 1 aromatic rings. The van der Waals surface area contributed by atoms with Crippen LogP contribution in [-0.2, 0) is 9.53 Å². The quantitative estimate of drug-likeness (QED) is 0.536. The summed E-state index contributed by atoms with van der Waals surface area (Å²) in [5, 5.41) is 0. The standard InChI is InChI=1S/C16H24BrNO3/c1-3-20-12-9-10-13(14(17)11-12)15(18)7-5-6-8-16(19)21-4-2/h9-11,15H,3-8,18H2,1-2H3. The zero-order valence-corrected chi connectivity index (χ0v) is 14.3. The molecule has 0 spiro atoms. The van der Waals surface area contributed by atoms with Gasteiger partial charge in [-0.15, -0.1) is 0 Å². The van der Waals surface area contributed by atoms with E-state index in [1.165, 1.54) is 0 Å². The number of rotatable bonds is 9. The summed E-state index contributed by atoms with van der Waals surface area (Å²) < 4.78 is 11.3. The molecule has 1 atom stereocenters. The third-order valence-electron chi connectivity index (χ3n) is 3.13. The summed E-state index contributed by atoms with van der Waals surface area (Å²) in [5.41, 5.74) is 7.27. The van der Waals surface area contributed by atoms with Crippen LogP contribution in [0.25, 0.3) is 0 Å². The van der Waals surface area contributed by atoms with Crippen LogP contribution in [0, 0.1) is 0 Å². The van der Waals surface area contributed by atoms with Gasteiger partial charge in [0.25, 0.3) is 0 Å². The number of benzene rings is 1. The molecule has 0 amide bonds. The minimum absolute atomic E-state index is 0.0442. The number of hydrogen-bond acceptors (Lipinski definition) is 4. The average molecular weight is 358 g/mol. The predicted octanol–water partition coefficient (Wildman–Crippen LogP) is 3.97. The monoisotopic (exact) mass is 357 g/mol. The molecule has 0 aliphatic rings. The predicted molar refractivity (Wildman–Crippen MR) is 87.3 cm³/mol. The summed E-state index contributed by atoms with van der Waals surface area (Å²) in [6.07, 6.45) is 3.01. The Balaban J connectivity index is 2.41. The molecule has 1 rings (SSSR count). The van der Waals surface area contributed by atoms with Crippen LogP contribution >= 0.6 is 15.9 Å². The van der Waals surface area contributed by atoms with Crippen molar-refractivity contribution >= 4 is 21.9 Å². The van der Waals surface area contributed by atoms with E-state index in [1.807, 2.05) is 32.0 Å². The maximum absolute atomic E-state index is 11.2. The Morgan fingerprint density at radius 2 is 2.05 bits per heavy atom. The molecular formula is C16H24BrNO3. The molecule has 1 unspecified atom stereocenters. The number of carbonyl (C=O) groups excluding carboxylic acids is 1. The van der Waals surface area contributed by atoms with Crippen LogP contribution in [0.15, 0.2) is 22.7 Å². The fourth-order valence-electron chi connectivity index (χ4n) is 2.09. The van der Waals surface area contributed by atoms with E-state index >= 15 is 0 Å². The van der Waals surface area contributed by atoms with E-state index in [9.17, 15) is 4.79 Å². The molecule has 0 aliphatic heterocycles. The lowest BCUT2D eigenvalue weighted by Crippen LogP contribution is -2.11. The van der Waals surface area contributed by atoms with Gasteiger partial charge in [-0.25, -0.2) is 0 Å². The number of esters is 1. The van der Waals surface area contributed by atoms with Crippen LogP contribution in [0.4, 0.5) is 0 Å². The Morgan fingerprint density at radius 1 is 1.29 bits per heavy atom. The number of unbranched alkanes of at least 4 members (excludes halogenated alkanes) is 1. The minimum Gasteiger partial charge on any atom is -0.494 e. The molecule has 1 aromatic carbocycles. The van der Waals surface area contributed by atoms with Gasteiger partial charge in [-0.3, -0.25) is 4.79 Å². The van der Waals surface area contributed by atoms with Crippen LogP contribution in [-0.4, -0.2) is 19.2 Å². The van der Waals surface area contributed by atoms with E-state index < -0.39 is 0 Å². The SMILES string of the molecule is CCOC(=O)CCCCC(N)c1ccc(OCC)cc1Br. The molecule has 0 bridgehead atoms. The number of carbonyl (C=O) groups is 1. The first-order valence-corrected chi connectivity index (χ1v) is 8.21. The highest BCUT2D eigenvalue weighted by Gasteiger charge is 2.11. The van der Waals surface area contributed by atoms with Crippen LogP contribution < -0.4 is 10.5 Å². The third-order valence-corrected chi connectivity index (χ3v) is 3.82. The van der Waals surface area contributed by atoms with E-state index in [0.717, 1.165) is 35.0 Å². The molecule has 4 nitrogen and oxygen atoms in total. The molecule has 2 N–H and O–H groups in total. The van der Waals surface area contributed by atoms with Crippen molar-refractivity contribution in [2.45, 2.75) is 45.6 Å². The van der Waals surface area contributed by atoms with Crippen molar-refractivity contribution in [1.29, 1.82) is 0 Å². The average Bonchev–Trinajstić information content (AvgIpc) is 2.44.